The Kier molecular flexibility index (Phi) is 8.19. The molecule has 3 fully saturated rings. The third-order valence-electron chi connectivity index (χ3n) is 7.83. The quantitative estimate of drug-likeness (QED) is 0.518. The Bertz CT molecular complexity index is 1050. The minimum absolute atomic E-state index is 0.00220. The van der Waals surface area contributed by atoms with Crippen LogP contribution < -0.4 is 10.1 Å². The zero-order valence-electron chi connectivity index (χ0n) is 20.9. The molecule has 1 amide bonds. The Morgan fingerprint density at radius 3 is 2.36 bits per heavy atom. The number of hydrogen-bond donors (Lipinski definition) is 1. The van der Waals surface area contributed by atoms with E-state index in [2.05, 4.69) is 15.2 Å². The number of sulfone groups is 1. The van der Waals surface area contributed by atoms with Crippen molar-refractivity contribution in [1.29, 1.82) is 0 Å². The molecule has 202 valence electrons. The van der Waals surface area contributed by atoms with Gasteiger partial charge in [-0.1, -0.05) is 0 Å². The summed E-state index contributed by atoms with van der Waals surface area (Å²) in [7, 11) is -1.90. The van der Waals surface area contributed by atoms with Crippen molar-refractivity contribution in [3.05, 3.63) is 22.9 Å². The number of rotatable bonds is 9. The lowest BCUT2D eigenvalue weighted by Crippen LogP contribution is -2.49. The number of likely N-dealkylation sites (tertiary alicyclic amines) is 1. The highest BCUT2D eigenvalue weighted by Crippen LogP contribution is 2.37. The van der Waals surface area contributed by atoms with Crippen molar-refractivity contribution in [2.24, 2.45) is 11.8 Å². The number of amides is 1. The average molecular weight is 532 g/mol. The lowest BCUT2D eigenvalue weighted by Gasteiger charge is -2.36. The van der Waals surface area contributed by atoms with E-state index in [4.69, 9.17) is 4.74 Å². The topological polar surface area (TPSA) is 88.6 Å². The molecule has 1 atom stereocenters. The van der Waals surface area contributed by atoms with Gasteiger partial charge in [-0.25, -0.2) is 13.4 Å². The Balaban J connectivity index is 1.49. The summed E-state index contributed by atoms with van der Waals surface area (Å²) in [6.45, 7) is 3.94. The van der Waals surface area contributed by atoms with Gasteiger partial charge in [0, 0.05) is 12.6 Å². The van der Waals surface area contributed by atoms with Gasteiger partial charge in [0.15, 0.2) is 9.84 Å². The molecule has 0 spiro atoms. The number of aromatic nitrogens is 1. The van der Waals surface area contributed by atoms with E-state index in [1.807, 2.05) is 0 Å². The van der Waals surface area contributed by atoms with Crippen LogP contribution in [0.25, 0.3) is 0 Å². The highest BCUT2D eigenvalue weighted by molar-refractivity contribution is 7.92. The molecule has 1 aromatic heterocycles. The smallest absolute Gasteiger partial charge is 0.433 e. The first-order chi connectivity index (χ1) is 17.0. The average Bonchev–Trinajstić information content (AvgIpc) is 3.47. The number of aryl methyl sites for hydroxylation is 1. The molecule has 0 aromatic carbocycles. The first-order valence-electron chi connectivity index (χ1n) is 12.9. The predicted octanol–water partition coefficient (Wildman–Crippen LogP) is 4.00. The van der Waals surface area contributed by atoms with Gasteiger partial charge in [-0.05, 0) is 94.8 Å². The molecule has 3 aliphatic rings. The number of ether oxygens (including phenoxy) is 1. The normalized spacial score (nSPS) is 24.5. The maximum atomic E-state index is 13.4. The second kappa shape index (κ2) is 10.8. The number of nitrogens with zero attached hydrogens (tertiary/aromatic N) is 2. The molecule has 1 saturated heterocycles. The van der Waals surface area contributed by atoms with Gasteiger partial charge in [-0.2, -0.15) is 13.2 Å². The predicted molar refractivity (Wildman–Crippen MR) is 130 cm³/mol. The third kappa shape index (κ3) is 6.51. The summed E-state index contributed by atoms with van der Waals surface area (Å²) in [4.78, 5) is 19.2. The minimum Gasteiger partial charge on any atom is -0.480 e. The van der Waals surface area contributed by atoms with Gasteiger partial charge in [-0.3, -0.25) is 4.79 Å². The van der Waals surface area contributed by atoms with Crippen LogP contribution in [0.5, 0.6) is 5.88 Å². The van der Waals surface area contributed by atoms with Crippen LogP contribution in [0.15, 0.2) is 6.07 Å². The van der Waals surface area contributed by atoms with E-state index in [0.29, 0.717) is 38.1 Å². The molecule has 2 aliphatic carbocycles. The lowest BCUT2D eigenvalue weighted by molar-refractivity contribution is -0.141. The summed E-state index contributed by atoms with van der Waals surface area (Å²) in [6, 6.07) is 0.622. The van der Waals surface area contributed by atoms with Crippen LogP contribution in [0.3, 0.4) is 0 Å². The molecule has 1 aliphatic heterocycles. The van der Waals surface area contributed by atoms with Gasteiger partial charge in [0.25, 0.3) is 5.91 Å². The lowest BCUT2D eigenvalue weighted by atomic mass is 9.83. The summed E-state index contributed by atoms with van der Waals surface area (Å²) in [5.74, 6) is -0.162. The molecule has 2 heterocycles. The fourth-order valence-electron chi connectivity index (χ4n) is 5.61. The highest BCUT2D eigenvalue weighted by atomic mass is 32.2. The molecule has 2 saturated carbocycles. The summed E-state index contributed by atoms with van der Waals surface area (Å²) in [5.41, 5.74) is -0.966. The molecule has 1 aromatic rings. The number of carbonyl (C=O) groups is 1. The molecular weight excluding hydrogens is 495 g/mol. The number of carbonyl (C=O) groups excluding carboxylic acids is 1. The Labute approximate surface area is 211 Å². The van der Waals surface area contributed by atoms with E-state index in [1.54, 1.807) is 0 Å². The van der Waals surface area contributed by atoms with E-state index in [-0.39, 0.29) is 40.0 Å². The van der Waals surface area contributed by atoms with Crippen LogP contribution in [-0.2, 0) is 16.0 Å². The van der Waals surface area contributed by atoms with Gasteiger partial charge in [0.05, 0.1) is 18.1 Å². The number of alkyl halides is 3. The zero-order valence-corrected chi connectivity index (χ0v) is 21.8. The van der Waals surface area contributed by atoms with Crippen LogP contribution in [0.1, 0.15) is 73.0 Å². The second-order valence-corrected chi connectivity index (χ2v) is 12.9. The molecule has 36 heavy (non-hydrogen) atoms. The molecule has 7 nitrogen and oxygen atoms in total. The van der Waals surface area contributed by atoms with Gasteiger partial charge >= 0.3 is 6.18 Å². The van der Waals surface area contributed by atoms with Crippen LogP contribution >= 0.6 is 0 Å². The number of halogens is 3. The summed E-state index contributed by atoms with van der Waals surface area (Å²) in [5, 5.41) is 2.75. The number of hydrogen-bond acceptors (Lipinski definition) is 6. The maximum Gasteiger partial charge on any atom is 0.433 e. The third-order valence-corrected chi connectivity index (χ3v) is 10.2. The van der Waals surface area contributed by atoms with E-state index < -0.39 is 27.6 Å². The Morgan fingerprint density at radius 2 is 1.81 bits per heavy atom. The Morgan fingerprint density at radius 1 is 1.17 bits per heavy atom. The summed E-state index contributed by atoms with van der Waals surface area (Å²) < 4.78 is 70.3. The monoisotopic (exact) mass is 531 g/mol. The largest absolute Gasteiger partial charge is 0.480 e. The summed E-state index contributed by atoms with van der Waals surface area (Å²) in [6.07, 6.45) is 2.06. The second-order valence-electron chi connectivity index (χ2n) is 10.6. The minimum atomic E-state index is -4.65. The first kappa shape index (κ1) is 27.2. The van der Waals surface area contributed by atoms with Gasteiger partial charge < -0.3 is 15.0 Å². The van der Waals surface area contributed by atoms with Crippen LogP contribution in [0, 0.1) is 18.8 Å². The van der Waals surface area contributed by atoms with Crippen molar-refractivity contribution in [1.82, 2.24) is 15.2 Å². The maximum absolute atomic E-state index is 13.4. The van der Waals surface area contributed by atoms with Crippen LogP contribution in [-0.4, -0.2) is 68.0 Å². The van der Waals surface area contributed by atoms with Crippen molar-refractivity contribution in [3.8, 4) is 5.88 Å². The van der Waals surface area contributed by atoms with Crippen molar-refractivity contribution in [3.63, 3.8) is 0 Å². The Hall–Kier alpha value is -1.88. The van der Waals surface area contributed by atoms with Gasteiger partial charge in [0.2, 0.25) is 5.88 Å². The molecule has 11 heteroatoms. The molecular formula is C25H36F3N3O4S. The standard InChI is InChI=1S/C25H36F3N3O4S/c1-16-13-21(25(26,27)28)30-24(35-2)22(16)23(32)29-20(14-31-11-3-4-12-31)18-7-9-19(10-8-18)36(33,34)15-17-5-6-17/h13,17-20H,3-12,14-15H2,1-2H3,(H,29,32). The highest BCUT2D eigenvalue weighted by Gasteiger charge is 2.39. The zero-order chi connectivity index (χ0) is 26.1. The number of methoxy groups -OCH3 is 1. The van der Waals surface area contributed by atoms with E-state index >= 15 is 0 Å². The van der Waals surface area contributed by atoms with E-state index in [0.717, 1.165) is 44.8 Å². The van der Waals surface area contributed by atoms with Crippen LogP contribution in [0.4, 0.5) is 13.2 Å². The SMILES string of the molecule is COc1nc(C(F)(F)F)cc(C)c1C(=O)NC(CN1CCCC1)C1CCC(S(=O)(=O)CC2CC2)CC1. The van der Waals surface area contributed by atoms with Gasteiger partial charge in [0.1, 0.15) is 11.3 Å². The molecule has 0 radical (unpaired) electrons. The van der Waals surface area contributed by atoms with Gasteiger partial charge in [-0.15, -0.1) is 0 Å². The van der Waals surface area contributed by atoms with Crippen molar-refractivity contribution in [2.45, 2.75) is 75.8 Å². The number of pyridine rings is 1. The molecule has 1 unspecified atom stereocenters. The van der Waals surface area contributed by atoms with Crippen molar-refractivity contribution >= 4 is 15.7 Å². The van der Waals surface area contributed by atoms with Crippen LogP contribution in [0.2, 0.25) is 0 Å². The molecule has 0 bridgehead atoms. The molecule has 1 N–H and O–H groups in total. The first-order valence-corrected chi connectivity index (χ1v) is 14.6. The van der Waals surface area contributed by atoms with Crippen molar-refractivity contribution in [2.75, 3.05) is 32.5 Å². The summed E-state index contributed by atoms with van der Waals surface area (Å²) >= 11 is 0. The van der Waals surface area contributed by atoms with Crippen molar-refractivity contribution < 1.29 is 31.1 Å². The van der Waals surface area contributed by atoms with E-state index in [9.17, 15) is 26.4 Å². The number of nitrogens with one attached hydrogen (secondary N) is 1. The fraction of sp³-hybridized carbons (Fsp3) is 0.760. The molecule has 4 rings (SSSR count). The van der Waals surface area contributed by atoms with E-state index in [1.165, 1.54) is 14.0 Å². The fourth-order valence-corrected chi connectivity index (χ4v) is 7.86.